The van der Waals surface area contributed by atoms with Crippen molar-refractivity contribution in [2.75, 3.05) is 20.8 Å². The molecule has 9 nitrogen and oxygen atoms in total. The van der Waals surface area contributed by atoms with Gasteiger partial charge in [0.05, 0.1) is 25.4 Å². The predicted octanol–water partition coefficient (Wildman–Crippen LogP) is 1.20. The van der Waals surface area contributed by atoms with Crippen LogP contribution in [-0.2, 0) is 20.7 Å². The Balaban J connectivity index is 2.15. The lowest BCUT2D eigenvalue weighted by atomic mass is 9.86. The molecule has 0 radical (unpaired) electrons. The number of aliphatic hydroxyl groups excluding tert-OH is 2. The van der Waals surface area contributed by atoms with Gasteiger partial charge >= 0.3 is 0 Å². The Hall–Kier alpha value is -1.91. The molecule has 1 heterocycles. The third kappa shape index (κ3) is 6.80. The van der Waals surface area contributed by atoms with Crippen molar-refractivity contribution in [3.05, 3.63) is 23.8 Å². The molecule has 3 unspecified atom stereocenters. The molecule has 1 fully saturated rings. The molecule has 0 spiro atoms. The van der Waals surface area contributed by atoms with E-state index in [1.54, 1.807) is 20.3 Å². The van der Waals surface area contributed by atoms with E-state index in [-0.39, 0.29) is 0 Å². The molecule has 188 valence electrons. The van der Waals surface area contributed by atoms with Crippen LogP contribution in [0.3, 0.4) is 0 Å². The zero-order valence-electron chi connectivity index (χ0n) is 20.6. The van der Waals surface area contributed by atoms with Crippen molar-refractivity contribution in [3.63, 3.8) is 0 Å². The van der Waals surface area contributed by atoms with Crippen molar-refractivity contribution < 1.29 is 39.1 Å². The first kappa shape index (κ1) is 27.3. The number of amides is 1. The fourth-order valence-electron chi connectivity index (χ4n) is 3.71. The molecule has 1 aliphatic rings. The van der Waals surface area contributed by atoms with E-state index in [4.69, 9.17) is 18.9 Å². The second kappa shape index (κ2) is 11.0. The van der Waals surface area contributed by atoms with Crippen LogP contribution in [0, 0.1) is 0 Å². The van der Waals surface area contributed by atoms with Crippen molar-refractivity contribution in [3.8, 4) is 11.5 Å². The van der Waals surface area contributed by atoms with Crippen LogP contribution in [0.15, 0.2) is 18.2 Å². The summed E-state index contributed by atoms with van der Waals surface area (Å²) in [4.78, 5) is 13.1. The molecule has 1 aromatic rings. The minimum atomic E-state index is -1.48. The lowest BCUT2D eigenvalue weighted by Gasteiger charge is -2.47. The monoisotopic (exact) mass is 469 g/mol. The highest BCUT2D eigenvalue weighted by atomic mass is 16.6. The van der Waals surface area contributed by atoms with E-state index in [1.807, 2.05) is 32.9 Å². The van der Waals surface area contributed by atoms with Gasteiger partial charge in [-0.25, -0.2) is 0 Å². The van der Waals surface area contributed by atoms with Crippen LogP contribution in [0.1, 0.15) is 46.6 Å². The molecule has 0 saturated carbocycles. The summed E-state index contributed by atoms with van der Waals surface area (Å²) in [5.41, 5.74) is -1.21. The molecular weight excluding hydrogens is 430 g/mol. The summed E-state index contributed by atoms with van der Waals surface area (Å²) >= 11 is 0. The number of carbonyl (C=O) groups excluding carboxylic acids is 1. The molecule has 0 aromatic heterocycles. The average Bonchev–Trinajstić information content (AvgIpc) is 2.75. The Morgan fingerprint density at radius 3 is 2.27 bits per heavy atom. The topological polar surface area (TPSA) is 127 Å². The molecule has 1 saturated heterocycles. The van der Waals surface area contributed by atoms with Crippen molar-refractivity contribution in [2.24, 2.45) is 0 Å². The summed E-state index contributed by atoms with van der Waals surface area (Å²) in [7, 11) is 3.12. The van der Waals surface area contributed by atoms with Crippen LogP contribution in [-0.4, -0.2) is 83.7 Å². The van der Waals surface area contributed by atoms with Gasteiger partial charge in [-0.2, -0.15) is 0 Å². The van der Waals surface area contributed by atoms with Gasteiger partial charge in [-0.1, -0.05) is 13.0 Å². The third-order valence-corrected chi connectivity index (χ3v) is 6.01. The number of methoxy groups -OCH3 is 2. The van der Waals surface area contributed by atoms with Gasteiger partial charge in [0, 0.05) is 6.54 Å². The molecule has 2 rings (SSSR count). The van der Waals surface area contributed by atoms with Crippen molar-refractivity contribution in [1.29, 1.82) is 0 Å². The lowest BCUT2D eigenvalue weighted by Crippen LogP contribution is -2.67. The summed E-state index contributed by atoms with van der Waals surface area (Å²) in [6, 6.07) is 5.51. The highest BCUT2D eigenvalue weighted by molar-refractivity contribution is 5.81. The molecule has 0 aliphatic carbocycles. The van der Waals surface area contributed by atoms with Crippen LogP contribution in [0.2, 0.25) is 0 Å². The number of ether oxygens (including phenoxy) is 4. The molecule has 0 bridgehead atoms. The normalized spacial score (nSPS) is 26.1. The zero-order chi connectivity index (χ0) is 25.0. The molecule has 9 heteroatoms. The van der Waals surface area contributed by atoms with Crippen LogP contribution in [0.5, 0.6) is 11.5 Å². The maximum Gasteiger partial charge on any atom is 0.251 e. The van der Waals surface area contributed by atoms with E-state index in [0.29, 0.717) is 30.9 Å². The van der Waals surface area contributed by atoms with Crippen LogP contribution >= 0.6 is 0 Å². The molecule has 1 amide bonds. The number of hydrogen-bond donors (Lipinski definition) is 4. The van der Waals surface area contributed by atoms with Gasteiger partial charge in [0.2, 0.25) is 0 Å². The number of aliphatic hydroxyl groups is 3. The Kier molecular flexibility index (Phi) is 9.12. The van der Waals surface area contributed by atoms with Crippen molar-refractivity contribution in [2.45, 2.75) is 89.2 Å². The van der Waals surface area contributed by atoms with Crippen LogP contribution in [0.4, 0.5) is 0 Å². The van der Waals surface area contributed by atoms with Crippen LogP contribution < -0.4 is 14.8 Å². The summed E-state index contributed by atoms with van der Waals surface area (Å²) in [6.45, 7) is 8.79. The quantitative estimate of drug-likeness (QED) is 0.403. The smallest absolute Gasteiger partial charge is 0.251 e. The summed E-state index contributed by atoms with van der Waals surface area (Å²) in [6.07, 6.45) is -5.18. The third-order valence-electron chi connectivity index (χ3n) is 6.01. The Morgan fingerprint density at radius 2 is 1.73 bits per heavy atom. The van der Waals surface area contributed by atoms with Gasteiger partial charge in [-0.15, -0.1) is 0 Å². The maximum absolute atomic E-state index is 13.1. The lowest BCUT2D eigenvalue weighted by molar-refractivity contribution is -0.277. The fourth-order valence-corrected chi connectivity index (χ4v) is 3.71. The highest BCUT2D eigenvalue weighted by Crippen LogP contribution is 2.33. The molecule has 1 aromatic carbocycles. The minimum Gasteiger partial charge on any atom is -0.493 e. The van der Waals surface area contributed by atoms with E-state index >= 15 is 0 Å². The number of hydrogen-bond acceptors (Lipinski definition) is 8. The number of nitrogens with one attached hydrogen (secondary N) is 1. The molecule has 4 N–H and O–H groups in total. The number of rotatable bonds is 10. The fraction of sp³-hybridized carbons (Fsp3) is 0.708. The van der Waals surface area contributed by atoms with Gasteiger partial charge in [0.1, 0.15) is 24.4 Å². The summed E-state index contributed by atoms with van der Waals surface area (Å²) in [5, 5.41) is 34.6. The standard InChI is InChI=1S/C24H39NO8/c1-8-23(2,3)33-19-17(26)18(27)21(24(4,5)29)32-20(19)22(28)25-12-11-14-9-10-15(30-6)16(13-14)31-7/h9-10,13,17-21,26-27,29H,8,11-12H2,1-7H3,(H,25,28)/t17-,18?,19+,20?,21?/m1/s1. The van der Waals surface area contributed by atoms with Gasteiger partial charge in [-0.3, -0.25) is 4.79 Å². The molecule has 5 atom stereocenters. The zero-order valence-corrected chi connectivity index (χ0v) is 20.6. The largest absolute Gasteiger partial charge is 0.493 e. The molecular formula is C24H39NO8. The average molecular weight is 470 g/mol. The van der Waals surface area contributed by atoms with Gasteiger partial charge in [-0.05, 0) is 58.2 Å². The maximum atomic E-state index is 13.1. The first-order valence-corrected chi connectivity index (χ1v) is 11.2. The summed E-state index contributed by atoms with van der Waals surface area (Å²) in [5.74, 6) is 0.717. The molecule has 33 heavy (non-hydrogen) atoms. The van der Waals surface area contributed by atoms with E-state index in [2.05, 4.69) is 5.32 Å². The van der Waals surface area contributed by atoms with Crippen molar-refractivity contribution >= 4 is 5.91 Å². The van der Waals surface area contributed by atoms with Gasteiger partial charge < -0.3 is 39.6 Å². The second-order valence-corrected chi connectivity index (χ2v) is 9.54. The van der Waals surface area contributed by atoms with Gasteiger partial charge in [0.15, 0.2) is 17.6 Å². The second-order valence-electron chi connectivity index (χ2n) is 9.54. The first-order valence-electron chi connectivity index (χ1n) is 11.2. The number of benzene rings is 1. The molecule has 1 aliphatic heterocycles. The van der Waals surface area contributed by atoms with Crippen molar-refractivity contribution in [1.82, 2.24) is 5.32 Å². The Morgan fingerprint density at radius 1 is 1.09 bits per heavy atom. The highest BCUT2D eigenvalue weighted by Gasteiger charge is 2.53. The number of carbonyl (C=O) groups is 1. The minimum absolute atomic E-state index is 0.296. The van der Waals surface area contributed by atoms with E-state index in [0.717, 1.165) is 5.56 Å². The van der Waals surface area contributed by atoms with Gasteiger partial charge in [0.25, 0.3) is 5.91 Å². The van der Waals surface area contributed by atoms with E-state index < -0.39 is 47.6 Å². The Labute approximate surface area is 196 Å². The van der Waals surface area contributed by atoms with E-state index in [1.165, 1.54) is 13.8 Å². The SMILES string of the molecule is CCC(C)(C)O[C@@H]1C(C(=O)NCCc2ccc(OC)c(OC)c2)OC(C(C)(C)O)C(O)[C@H]1O. The van der Waals surface area contributed by atoms with Crippen LogP contribution in [0.25, 0.3) is 0 Å². The first-order chi connectivity index (χ1) is 15.3. The summed E-state index contributed by atoms with van der Waals surface area (Å²) < 4.78 is 22.4. The Bertz CT molecular complexity index is 791. The van der Waals surface area contributed by atoms with E-state index in [9.17, 15) is 20.1 Å². The predicted molar refractivity (Wildman–Crippen MR) is 122 cm³/mol.